The summed E-state index contributed by atoms with van der Waals surface area (Å²) in [6.07, 6.45) is 3.04. The lowest BCUT2D eigenvalue weighted by molar-refractivity contribution is -0.383. The minimum atomic E-state index is -0.465. The van der Waals surface area contributed by atoms with E-state index in [1.54, 1.807) is 7.05 Å². The van der Waals surface area contributed by atoms with Gasteiger partial charge in [0.05, 0.1) is 4.92 Å². The minimum absolute atomic E-state index is 0.0314. The van der Waals surface area contributed by atoms with Gasteiger partial charge in [0.1, 0.15) is 5.69 Å². The van der Waals surface area contributed by atoms with Crippen LogP contribution in [0.5, 0.6) is 0 Å². The van der Waals surface area contributed by atoms with Gasteiger partial charge in [-0.1, -0.05) is 13.8 Å². The molecule has 114 valence electrons. The Labute approximate surface area is 124 Å². The van der Waals surface area contributed by atoms with Crippen molar-refractivity contribution < 1.29 is 9.72 Å². The van der Waals surface area contributed by atoms with Crippen LogP contribution in [0.2, 0.25) is 0 Å². The van der Waals surface area contributed by atoms with Crippen molar-refractivity contribution in [3.63, 3.8) is 0 Å². The minimum Gasteiger partial charge on any atom is -0.383 e. The lowest BCUT2D eigenvalue weighted by Crippen LogP contribution is -2.33. The van der Waals surface area contributed by atoms with Crippen LogP contribution < -0.4 is 10.6 Å². The predicted octanol–water partition coefficient (Wildman–Crippen LogP) is 2.95. The van der Waals surface area contributed by atoms with E-state index < -0.39 is 4.92 Å². The van der Waals surface area contributed by atoms with Crippen LogP contribution in [0.15, 0.2) is 18.2 Å². The average Bonchev–Trinajstić information content (AvgIpc) is 2.76. The molecule has 0 radical (unpaired) electrons. The second kappa shape index (κ2) is 5.71. The third-order valence-electron chi connectivity index (χ3n) is 4.03. The zero-order valence-corrected chi connectivity index (χ0v) is 12.6. The van der Waals surface area contributed by atoms with E-state index in [1.807, 2.05) is 0 Å². The fourth-order valence-corrected chi connectivity index (χ4v) is 2.86. The third-order valence-corrected chi connectivity index (χ3v) is 4.03. The van der Waals surface area contributed by atoms with E-state index >= 15 is 0 Å². The smallest absolute Gasteiger partial charge is 0.292 e. The molecule has 6 heteroatoms. The van der Waals surface area contributed by atoms with Crippen LogP contribution in [0.1, 0.15) is 43.5 Å². The summed E-state index contributed by atoms with van der Waals surface area (Å²) in [5, 5.41) is 16.6. The molecule has 1 unspecified atom stereocenters. The standard InChI is InChI=1S/C15H21N3O3/c1-15(2)7-6-11(9-15)17-14(19)10-4-5-13(18(20)21)12(8-10)16-3/h4-5,8,11,16H,6-7,9H2,1-3H3,(H,17,19). The lowest BCUT2D eigenvalue weighted by atomic mass is 9.92. The van der Waals surface area contributed by atoms with Gasteiger partial charge in [0.15, 0.2) is 0 Å². The van der Waals surface area contributed by atoms with Crippen LogP contribution in [0.3, 0.4) is 0 Å². The van der Waals surface area contributed by atoms with E-state index in [4.69, 9.17) is 0 Å². The molecule has 2 rings (SSSR count). The van der Waals surface area contributed by atoms with Crippen molar-refractivity contribution in [3.8, 4) is 0 Å². The van der Waals surface area contributed by atoms with Gasteiger partial charge in [-0.05, 0) is 36.8 Å². The topological polar surface area (TPSA) is 84.3 Å². The first-order chi connectivity index (χ1) is 9.82. The fraction of sp³-hybridized carbons (Fsp3) is 0.533. The summed E-state index contributed by atoms with van der Waals surface area (Å²) in [6.45, 7) is 4.40. The van der Waals surface area contributed by atoms with Crippen molar-refractivity contribution in [3.05, 3.63) is 33.9 Å². The molecule has 0 aromatic heterocycles. The zero-order chi connectivity index (χ0) is 15.6. The Bertz CT molecular complexity index is 569. The van der Waals surface area contributed by atoms with E-state index in [-0.39, 0.29) is 23.1 Å². The highest BCUT2D eigenvalue weighted by Crippen LogP contribution is 2.37. The Balaban J connectivity index is 2.11. The number of hydrogen-bond donors (Lipinski definition) is 2. The second-order valence-electron chi connectivity index (χ2n) is 6.32. The number of amides is 1. The molecule has 1 aliphatic carbocycles. The van der Waals surface area contributed by atoms with Crippen LogP contribution in [0.25, 0.3) is 0 Å². The number of carbonyl (C=O) groups excluding carboxylic acids is 1. The summed E-state index contributed by atoms with van der Waals surface area (Å²) in [4.78, 5) is 22.7. The maximum absolute atomic E-state index is 12.3. The largest absolute Gasteiger partial charge is 0.383 e. The Morgan fingerprint density at radius 1 is 1.43 bits per heavy atom. The maximum Gasteiger partial charge on any atom is 0.292 e. The molecule has 1 aromatic carbocycles. The molecule has 0 aliphatic heterocycles. The van der Waals surface area contributed by atoms with Crippen molar-refractivity contribution in [2.45, 2.75) is 39.2 Å². The number of nitro benzene ring substituents is 1. The van der Waals surface area contributed by atoms with E-state index in [0.29, 0.717) is 11.3 Å². The molecule has 1 atom stereocenters. The first kappa shape index (κ1) is 15.3. The molecule has 1 amide bonds. The van der Waals surface area contributed by atoms with E-state index in [2.05, 4.69) is 24.5 Å². The summed E-state index contributed by atoms with van der Waals surface area (Å²) in [5.74, 6) is -0.177. The number of anilines is 1. The molecule has 0 spiro atoms. The molecule has 1 saturated carbocycles. The number of nitrogens with one attached hydrogen (secondary N) is 2. The lowest BCUT2D eigenvalue weighted by Gasteiger charge is -2.18. The van der Waals surface area contributed by atoms with Crippen molar-refractivity contribution in [1.82, 2.24) is 5.32 Å². The second-order valence-corrected chi connectivity index (χ2v) is 6.32. The van der Waals surface area contributed by atoms with E-state index in [1.165, 1.54) is 18.2 Å². The molecule has 2 N–H and O–H groups in total. The Morgan fingerprint density at radius 2 is 2.14 bits per heavy atom. The molecule has 21 heavy (non-hydrogen) atoms. The van der Waals surface area contributed by atoms with Gasteiger partial charge < -0.3 is 10.6 Å². The van der Waals surface area contributed by atoms with Crippen molar-refractivity contribution in [1.29, 1.82) is 0 Å². The first-order valence-electron chi connectivity index (χ1n) is 7.09. The van der Waals surface area contributed by atoms with Gasteiger partial charge in [0.2, 0.25) is 0 Å². The highest BCUT2D eigenvalue weighted by Gasteiger charge is 2.31. The van der Waals surface area contributed by atoms with Crippen molar-refractivity contribution in [2.75, 3.05) is 12.4 Å². The van der Waals surface area contributed by atoms with Crippen LogP contribution in [0, 0.1) is 15.5 Å². The van der Waals surface area contributed by atoms with Crippen LogP contribution in [-0.4, -0.2) is 23.9 Å². The van der Waals surface area contributed by atoms with Gasteiger partial charge in [0.25, 0.3) is 11.6 Å². The predicted molar refractivity (Wildman–Crippen MR) is 81.5 cm³/mol. The molecule has 1 fully saturated rings. The Kier molecular flexibility index (Phi) is 4.16. The quantitative estimate of drug-likeness (QED) is 0.660. The zero-order valence-electron chi connectivity index (χ0n) is 12.6. The van der Waals surface area contributed by atoms with Gasteiger partial charge in [-0.2, -0.15) is 0 Å². The van der Waals surface area contributed by atoms with E-state index in [9.17, 15) is 14.9 Å². The van der Waals surface area contributed by atoms with Crippen LogP contribution in [-0.2, 0) is 0 Å². The molecule has 1 aliphatic rings. The third kappa shape index (κ3) is 3.51. The summed E-state index contributed by atoms with van der Waals surface area (Å²) in [7, 11) is 1.60. The van der Waals surface area contributed by atoms with E-state index in [0.717, 1.165) is 19.3 Å². The summed E-state index contributed by atoms with van der Waals surface area (Å²) >= 11 is 0. The monoisotopic (exact) mass is 291 g/mol. The Morgan fingerprint density at radius 3 is 2.67 bits per heavy atom. The number of rotatable bonds is 4. The van der Waals surface area contributed by atoms with Gasteiger partial charge in [-0.25, -0.2) is 0 Å². The average molecular weight is 291 g/mol. The SMILES string of the molecule is CNc1cc(C(=O)NC2CCC(C)(C)C2)ccc1[N+](=O)[O-]. The number of nitro groups is 1. The van der Waals surface area contributed by atoms with Crippen molar-refractivity contribution in [2.24, 2.45) is 5.41 Å². The number of benzene rings is 1. The maximum atomic E-state index is 12.3. The number of hydrogen-bond acceptors (Lipinski definition) is 4. The van der Waals surface area contributed by atoms with Crippen LogP contribution in [0.4, 0.5) is 11.4 Å². The number of nitrogens with zero attached hydrogens (tertiary/aromatic N) is 1. The molecule has 6 nitrogen and oxygen atoms in total. The van der Waals surface area contributed by atoms with Gasteiger partial charge >= 0.3 is 0 Å². The molecule has 0 saturated heterocycles. The highest BCUT2D eigenvalue weighted by molar-refractivity contribution is 5.96. The normalized spacial score (nSPS) is 20.0. The van der Waals surface area contributed by atoms with Crippen molar-refractivity contribution >= 4 is 17.3 Å². The molecular formula is C15H21N3O3. The molecular weight excluding hydrogens is 270 g/mol. The summed E-state index contributed by atoms with van der Waals surface area (Å²) in [6, 6.07) is 4.56. The van der Waals surface area contributed by atoms with Crippen LogP contribution >= 0.6 is 0 Å². The molecule has 1 aromatic rings. The fourth-order valence-electron chi connectivity index (χ4n) is 2.86. The number of carbonyl (C=O) groups is 1. The summed E-state index contributed by atoms with van der Waals surface area (Å²) < 4.78 is 0. The van der Waals surface area contributed by atoms with Gasteiger partial charge in [-0.15, -0.1) is 0 Å². The highest BCUT2D eigenvalue weighted by atomic mass is 16.6. The first-order valence-corrected chi connectivity index (χ1v) is 7.09. The summed E-state index contributed by atoms with van der Waals surface area (Å²) in [5.41, 5.74) is 1.02. The Hall–Kier alpha value is -2.11. The molecule has 0 bridgehead atoms. The van der Waals surface area contributed by atoms with Gasteiger partial charge in [-0.3, -0.25) is 14.9 Å². The van der Waals surface area contributed by atoms with Gasteiger partial charge in [0, 0.05) is 24.7 Å². The molecule has 0 heterocycles.